The molecule has 4 aromatic rings. The Hall–Kier alpha value is -2.83. The van der Waals surface area contributed by atoms with Gasteiger partial charge in [-0.05, 0) is 67.1 Å². The van der Waals surface area contributed by atoms with Crippen LogP contribution in [-0.4, -0.2) is 15.9 Å². The minimum absolute atomic E-state index is 0.0957. The van der Waals surface area contributed by atoms with E-state index in [1.807, 2.05) is 25.1 Å². The highest BCUT2D eigenvalue weighted by atomic mass is 32.2. The highest BCUT2D eigenvalue weighted by Crippen LogP contribution is 2.41. The van der Waals surface area contributed by atoms with Crippen LogP contribution >= 0.6 is 22.7 Å². The van der Waals surface area contributed by atoms with Gasteiger partial charge >= 0.3 is 0 Å². The number of fused-ring (bicyclic) bond motifs is 2. The van der Waals surface area contributed by atoms with Gasteiger partial charge in [0, 0.05) is 39.5 Å². The summed E-state index contributed by atoms with van der Waals surface area (Å²) in [5, 5.41) is 6.43. The van der Waals surface area contributed by atoms with Crippen LogP contribution in [0.4, 0.5) is 5.82 Å². The largest absolute Gasteiger partial charge is 0.306 e. The van der Waals surface area contributed by atoms with Crippen molar-refractivity contribution in [2.24, 2.45) is 0 Å². The van der Waals surface area contributed by atoms with Crippen LogP contribution in [0.3, 0.4) is 0 Å². The van der Waals surface area contributed by atoms with Crippen LogP contribution in [0.1, 0.15) is 27.3 Å². The zero-order chi connectivity index (χ0) is 19.4. The second kappa shape index (κ2) is 6.36. The Morgan fingerprint density at radius 1 is 1.11 bits per heavy atom. The molecular formula is C22H17N3OS2. The average molecular weight is 404 g/mol. The molecule has 28 heavy (non-hydrogen) atoms. The molecule has 0 spiro atoms. The molecule has 4 aromatic heterocycles. The normalized spacial score (nSPS) is 14.7. The Kier molecular flexibility index (Phi) is 3.92. The molecule has 6 heteroatoms. The number of amides is 1. The van der Waals surface area contributed by atoms with Crippen molar-refractivity contribution in [2.45, 2.75) is 20.8 Å². The Morgan fingerprint density at radius 3 is 2.64 bits per heavy atom. The molecule has 0 saturated carbocycles. The second-order valence-corrected chi connectivity index (χ2v) is 9.13. The Morgan fingerprint density at radius 2 is 1.89 bits per heavy atom. The highest BCUT2D eigenvalue weighted by Gasteiger charge is 2.27. The second-order valence-electron chi connectivity index (χ2n) is 6.94. The van der Waals surface area contributed by atoms with E-state index in [1.54, 1.807) is 35.1 Å². The van der Waals surface area contributed by atoms with E-state index < -0.39 is 0 Å². The monoisotopic (exact) mass is 403 g/mol. The third-order valence-electron chi connectivity index (χ3n) is 5.14. The summed E-state index contributed by atoms with van der Waals surface area (Å²) >= 11 is 3.51. The molecule has 0 atom stereocenters. The smallest absolute Gasteiger partial charge is 0.257 e. The van der Waals surface area contributed by atoms with Gasteiger partial charge in [0.05, 0.1) is 9.59 Å². The van der Waals surface area contributed by atoms with E-state index in [0.29, 0.717) is 11.4 Å². The van der Waals surface area contributed by atoms with E-state index in [0.717, 1.165) is 27.3 Å². The Balaban J connectivity index is 1.67. The predicted molar refractivity (Wildman–Crippen MR) is 118 cm³/mol. The van der Waals surface area contributed by atoms with Gasteiger partial charge in [0.15, 0.2) is 0 Å². The first kappa shape index (κ1) is 17.3. The number of pyridine rings is 2. The molecule has 0 saturated heterocycles. The van der Waals surface area contributed by atoms with Crippen LogP contribution in [0, 0.1) is 20.8 Å². The van der Waals surface area contributed by atoms with Crippen LogP contribution in [0.15, 0.2) is 36.0 Å². The zero-order valence-electron chi connectivity index (χ0n) is 15.7. The minimum atomic E-state index is -0.0957. The van der Waals surface area contributed by atoms with Gasteiger partial charge < -0.3 is 5.32 Å². The van der Waals surface area contributed by atoms with Crippen molar-refractivity contribution < 1.29 is 4.79 Å². The first-order valence-corrected chi connectivity index (χ1v) is 10.6. The summed E-state index contributed by atoms with van der Waals surface area (Å²) in [7, 11) is 0. The number of carbonyl (C=O) groups excluding carboxylic acids is 1. The molecule has 1 aliphatic rings. The molecule has 0 bridgehead atoms. The van der Waals surface area contributed by atoms with E-state index in [-0.39, 0.29) is 5.91 Å². The fourth-order valence-corrected chi connectivity index (χ4v) is 6.17. The number of thiophene rings is 2. The third kappa shape index (κ3) is 2.60. The maximum absolute atomic E-state index is 12.7. The molecule has 0 aliphatic carbocycles. The van der Waals surface area contributed by atoms with E-state index in [4.69, 9.17) is 0 Å². The lowest BCUT2D eigenvalue weighted by atomic mass is 10.00. The topological polar surface area (TPSA) is 54.9 Å². The Bertz CT molecular complexity index is 1280. The summed E-state index contributed by atoms with van der Waals surface area (Å²) in [4.78, 5) is 22.6. The molecular weight excluding hydrogens is 386 g/mol. The lowest BCUT2D eigenvalue weighted by Gasteiger charge is -2.08. The van der Waals surface area contributed by atoms with Crippen molar-refractivity contribution in [1.82, 2.24) is 9.97 Å². The van der Waals surface area contributed by atoms with Crippen LogP contribution < -0.4 is 5.32 Å². The van der Waals surface area contributed by atoms with Gasteiger partial charge in [0.25, 0.3) is 5.91 Å². The quantitative estimate of drug-likeness (QED) is 0.428. The number of rotatable bonds is 2. The SMILES string of the molecule is Cc1nc2c(cc1-c1ccncc1)C(=Cc1sc3scc(C)c3c1C)C(=O)N2. The molecule has 1 aliphatic heterocycles. The molecule has 5 heterocycles. The molecule has 0 aromatic carbocycles. The van der Waals surface area contributed by atoms with Gasteiger partial charge in [-0.2, -0.15) is 0 Å². The number of carbonyl (C=O) groups is 1. The van der Waals surface area contributed by atoms with Crippen molar-refractivity contribution in [1.29, 1.82) is 0 Å². The van der Waals surface area contributed by atoms with Gasteiger partial charge in [0.2, 0.25) is 0 Å². The summed E-state index contributed by atoms with van der Waals surface area (Å²) < 4.78 is 1.31. The average Bonchev–Trinajstić information content (AvgIpc) is 3.30. The van der Waals surface area contributed by atoms with Crippen molar-refractivity contribution in [3.63, 3.8) is 0 Å². The minimum Gasteiger partial charge on any atom is -0.306 e. The van der Waals surface area contributed by atoms with Gasteiger partial charge in [-0.25, -0.2) is 4.98 Å². The first-order chi connectivity index (χ1) is 13.5. The molecule has 5 rings (SSSR count). The fourth-order valence-electron chi connectivity index (χ4n) is 3.68. The zero-order valence-corrected chi connectivity index (χ0v) is 17.3. The van der Waals surface area contributed by atoms with Crippen LogP contribution in [0.2, 0.25) is 0 Å². The van der Waals surface area contributed by atoms with Gasteiger partial charge in [0.1, 0.15) is 5.82 Å². The van der Waals surface area contributed by atoms with Crippen molar-refractivity contribution in [3.05, 3.63) is 63.2 Å². The standard InChI is InChI=1S/C22H17N3OS2/c1-11-10-27-22-19(11)12(2)18(28-22)9-17-16-8-15(14-4-6-23-7-5-14)13(3)24-20(16)25-21(17)26/h4-10H,1-3H3,(H,24,25,26). The molecule has 1 N–H and O–H groups in total. The van der Waals surface area contributed by atoms with Crippen molar-refractivity contribution >= 4 is 55.4 Å². The van der Waals surface area contributed by atoms with E-state index in [9.17, 15) is 4.79 Å². The summed E-state index contributed by atoms with van der Waals surface area (Å²) in [5.74, 6) is 0.542. The summed E-state index contributed by atoms with van der Waals surface area (Å²) in [6.45, 7) is 6.24. The number of nitrogens with one attached hydrogen (secondary N) is 1. The number of nitrogens with zero attached hydrogens (tertiary/aromatic N) is 2. The van der Waals surface area contributed by atoms with E-state index >= 15 is 0 Å². The molecule has 1 amide bonds. The van der Waals surface area contributed by atoms with Crippen LogP contribution in [-0.2, 0) is 4.79 Å². The van der Waals surface area contributed by atoms with Gasteiger partial charge in [-0.1, -0.05) is 0 Å². The number of hydrogen-bond donors (Lipinski definition) is 1. The maximum atomic E-state index is 12.7. The number of hydrogen-bond acceptors (Lipinski definition) is 5. The maximum Gasteiger partial charge on any atom is 0.257 e. The van der Waals surface area contributed by atoms with Crippen LogP contribution in [0.5, 0.6) is 0 Å². The molecule has 4 nitrogen and oxygen atoms in total. The van der Waals surface area contributed by atoms with Crippen molar-refractivity contribution in [2.75, 3.05) is 5.32 Å². The number of aryl methyl sites for hydroxylation is 3. The fraction of sp³-hybridized carbons (Fsp3) is 0.136. The predicted octanol–water partition coefficient (Wildman–Crippen LogP) is 5.84. The third-order valence-corrected chi connectivity index (χ3v) is 7.60. The van der Waals surface area contributed by atoms with E-state index in [1.165, 1.54) is 20.5 Å². The first-order valence-electron chi connectivity index (χ1n) is 8.95. The van der Waals surface area contributed by atoms with Gasteiger partial charge in [-0.15, -0.1) is 22.7 Å². The lowest BCUT2D eigenvalue weighted by Crippen LogP contribution is -2.04. The molecule has 0 fully saturated rings. The lowest BCUT2D eigenvalue weighted by molar-refractivity contribution is -0.110. The summed E-state index contributed by atoms with van der Waals surface area (Å²) in [6.07, 6.45) is 5.55. The highest BCUT2D eigenvalue weighted by molar-refractivity contribution is 7.38. The van der Waals surface area contributed by atoms with E-state index in [2.05, 4.69) is 40.6 Å². The summed E-state index contributed by atoms with van der Waals surface area (Å²) in [5.41, 5.74) is 7.01. The van der Waals surface area contributed by atoms with Crippen LogP contribution in [0.25, 0.3) is 32.2 Å². The van der Waals surface area contributed by atoms with Gasteiger partial charge in [-0.3, -0.25) is 9.78 Å². The molecule has 0 radical (unpaired) electrons. The number of aromatic nitrogens is 2. The molecule has 138 valence electrons. The summed E-state index contributed by atoms with van der Waals surface area (Å²) in [6, 6.07) is 5.99. The Labute approximate surface area is 170 Å². The molecule has 0 unspecified atom stereocenters. The number of anilines is 1. The van der Waals surface area contributed by atoms with Crippen molar-refractivity contribution in [3.8, 4) is 11.1 Å².